The first-order valence-corrected chi connectivity index (χ1v) is 7.52. The van der Waals surface area contributed by atoms with Crippen molar-refractivity contribution in [1.82, 2.24) is 15.5 Å². The number of nitrogens with zero attached hydrogens (tertiary/aromatic N) is 2. The van der Waals surface area contributed by atoms with Crippen molar-refractivity contribution >= 4 is 34.9 Å². The number of nitrogens with two attached hydrogens (primary N) is 1. The molecule has 126 valence electrons. The number of carbonyl (C=O) groups excluding carboxylic acids is 1. The number of nitrogen functional groups attached to an aromatic ring is 1. The van der Waals surface area contributed by atoms with E-state index < -0.39 is 0 Å². The van der Waals surface area contributed by atoms with Gasteiger partial charge in [-0.3, -0.25) is 4.79 Å². The van der Waals surface area contributed by atoms with Crippen molar-refractivity contribution in [3.63, 3.8) is 0 Å². The summed E-state index contributed by atoms with van der Waals surface area (Å²) in [5.41, 5.74) is 8.72. The van der Waals surface area contributed by atoms with Gasteiger partial charge in [-0.2, -0.15) is 0 Å². The molecule has 23 heavy (non-hydrogen) atoms. The number of carbonyl (C=O) groups is 1. The maximum Gasteiger partial charge on any atom is 0.273 e. The molecule has 5 N–H and O–H groups in total. The van der Waals surface area contributed by atoms with E-state index in [0.29, 0.717) is 18.2 Å². The lowest BCUT2D eigenvalue weighted by atomic mass is 10.0. The van der Waals surface area contributed by atoms with Crippen LogP contribution in [0, 0.1) is 5.92 Å². The molecule has 3 rings (SSSR count). The smallest absolute Gasteiger partial charge is 0.273 e. The standard InChI is InChI=1S/C16H20N4O.ClH.H2O/c1-2-4-11-5-3-6-12-13(17)15(20-19-14(11)12)16(21)18-9-10-7-8-10;;/h3,5-6,10H,2,4,7-9H2,1H3,(H2,17,19)(H,18,21);1H;1H2. The van der Waals surface area contributed by atoms with Crippen molar-refractivity contribution in [2.24, 2.45) is 5.92 Å². The molecule has 1 aliphatic carbocycles. The Morgan fingerprint density at radius 1 is 1.35 bits per heavy atom. The van der Waals surface area contributed by atoms with Crippen molar-refractivity contribution in [2.75, 3.05) is 12.3 Å². The molecule has 2 aromatic rings. The van der Waals surface area contributed by atoms with Gasteiger partial charge in [0.05, 0.1) is 11.2 Å². The summed E-state index contributed by atoms with van der Waals surface area (Å²) in [6, 6.07) is 5.89. The minimum Gasteiger partial charge on any atom is -0.412 e. The molecule has 6 nitrogen and oxygen atoms in total. The minimum absolute atomic E-state index is 0. The first-order valence-electron chi connectivity index (χ1n) is 7.52. The summed E-state index contributed by atoms with van der Waals surface area (Å²) >= 11 is 0. The molecule has 1 heterocycles. The lowest BCUT2D eigenvalue weighted by molar-refractivity contribution is 0.0947. The average molecular weight is 339 g/mol. The second kappa shape index (κ2) is 8.08. The fourth-order valence-corrected chi connectivity index (χ4v) is 2.49. The quantitative estimate of drug-likeness (QED) is 0.866. The summed E-state index contributed by atoms with van der Waals surface area (Å²) in [5, 5.41) is 12.0. The number of aromatic nitrogens is 2. The third kappa shape index (κ3) is 4.09. The van der Waals surface area contributed by atoms with Crippen LogP contribution in [0.15, 0.2) is 18.2 Å². The van der Waals surface area contributed by atoms with Crippen molar-refractivity contribution < 1.29 is 10.3 Å². The highest BCUT2D eigenvalue weighted by atomic mass is 35.5. The zero-order valence-electron chi connectivity index (χ0n) is 13.1. The van der Waals surface area contributed by atoms with Gasteiger partial charge in [0, 0.05) is 11.9 Å². The monoisotopic (exact) mass is 338 g/mol. The molecule has 1 aliphatic rings. The van der Waals surface area contributed by atoms with Gasteiger partial charge in [0.1, 0.15) is 0 Å². The molecule has 7 heteroatoms. The number of hydrogen-bond acceptors (Lipinski definition) is 4. The number of amides is 1. The van der Waals surface area contributed by atoms with E-state index in [-0.39, 0.29) is 29.5 Å². The van der Waals surface area contributed by atoms with Crippen LogP contribution in [0.4, 0.5) is 5.69 Å². The predicted octanol–water partition coefficient (Wildman–Crippen LogP) is 1.90. The van der Waals surface area contributed by atoms with Crippen LogP contribution in [0.1, 0.15) is 42.2 Å². The topological polar surface area (TPSA) is 112 Å². The van der Waals surface area contributed by atoms with Gasteiger partial charge < -0.3 is 16.5 Å². The lowest BCUT2D eigenvalue weighted by Gasteiger charge is -2.10. The number of nitrogens with one attached hydrogen (secondary N) is 1. The van der Waals surface area contributed by atoms with E-state index in [9.17, 15) is 4.79 Å². The summed E-state index contributed by atoms with van der Waals surface area (Å²) in [6.07, 6.45) is 4.35. The maximum absolute atomic E-state index is 12.2. The maximum atomic E-state index is 12.2. The second-order valence-corrected chi connectivity index (χ2v) is 5.68. The highest BCUT2D eigenvalue weighted by molar-refractivity contribution is 6.04. The van der Waals surface area contributed by atoms with Crippen LogP contribution in [0.5, 0.6) is 0 Å². The number of fused-ring (bicyclic) bond motifs is 1. The fraction of sp³-hybridized carbons (Fsp3) is 0.438. The Labute approximate surface area is 141 Å². The fourth-order valence-electron chi connectivity index (χ4n) is 2.49. The van der Waals surface area contributed by atoms with Crippen LogP contribution in [0.25, 0.3) is 10.9 Å². The molecule has 0 radical (unpaired) electrons. The van der Waals surface area contributed by atoms with Crippen LogP contribution >= 0.6 is 12.4 Å². The van der Waals surface area contributed by atoms with E-state index in [1.165, 1.54) is 12.8 Å². The Bertz CT molecular complexity index is 689. The predicted molar refractivity (Wildman–Crippen MR) is 93.9 cm³/mol. The molecule has 1 saturated carbocycles. The van der Waals surface area contributed by atoms with Crippen molar-refractivity contribution in [1.29, 1.82) is 0 Å². The SMILES string of the molecule is CCCc1cccc2c(N)c(C(=O)NCC3CC3)nnc12.Cl.O. The summed E-state index contributed by atoms with van der Waals surface area (Å²) in [6.45, 7) is 2.82. The van der Waals surface area contributed by atoms with Crippen molar-refractivity contribution in [3.8, 4) is 0 Å². The number of anilines is 1. The molecular formula is C16H23ClN4O2. The van der Waals surface area contributed by atoms with Crippen LogP contribution in [0.2, 0.25) is 0 Å². The van der Waals surface area contributed by atoms with Crippen LogP contribution in [-0.2, 0) is 6.42 Å². The van der Waals surface area contributed by atoms with Crippen LogP contribution in [0.3, 0.4) is 0 Å². The van der Waals surface area contributed by atoms with Gasteiger partial charge in [0.15, 0.2) is 5.69 Å². The molecular weight excluding hydrogens is 316 g/mol. The Morgan fingerprint density at radius 2 is 2.09 bits per heavy atom. The third-order valence-corrected chi connectivity index (χ3v) is 3.90. The number of halogens is 1. The number of hydrogen-bond donors (Lipinski definition) is 2. The van der Waals surface area contributed by atoms with Crippen LogP contribution < -0.4 is 11.1 Å². The van der Waals surface area contributed by atoms with Gasteiger partial charge in [0.25, 0.3) is 5.91 Å². The summed E-state index contributed by atoms with van der Waals surface area (Å²) in [5.74, 6) is 0.398. The zero-order valence-corrected chi connectivity index (χ0v) is 13.9. The summed E-state index contributed by atoms with van der Waals surface area (Å²) in [7, 11) is 0. The summed E-state index contributed by atoms with van der Waals surface area (Å²) < 4.78 is 0. The molecule has 0 unspecified atom stereocenters. The zero-order chi connectivity index (χ0) is 14.8. The van der Waals surface area contributed by atoms with E-state index in [1.54, 1.807) is 0 Å². The molecule has 0 aliphatic heterocycles. The molecule has 0 atom stereocenters. The molecule has 0 spiro atoms. The highest BCUT2D eigenvalue weighted by Gasteiger charge is 2.23. The van der Waals surface area contributed by atoms with E-state index in [1.807, 2.05) is 18.2 Å². The normalized spacial score (nSPS) is 13.1. The first kappa shape index (κ1) is 19.1. The van der Waals surface area contributed by atoms with Gasteiger partial charge >= 0.3 is 0 Å². The van der Waals surface area contributed by atoms with E-state index in [4.69, 9.17) is 5.73 Å². The van der Waals surface area contributed by atoms with Gasteiger partial charge in [-0.05, 0) is 30.7 Å². The van der Waals surface area contributed by atoms with Crippen molar-refractivity contribution in [3.05, 3.63) is 29.5 Å². The molecule has 0 bridgehead atoms. The molecule has 1 amide bonds. The van der Waals surface area contributed by atoms with Gasteiger partial charge in [-0.1, -0.05) is 31.5 Å². The minimum atomic E-state index is -0.227. The lowest BCUT2D eigenvalue weighted by Crippen LogP contribution is -2.27. The van der Waals surface area contributed by atoms with E-state index in [0.717, 1.165) is 29.3 Å². The first-order chi connectivity index (χ1) is 10.2. The highest BCUT2D eigenvalue weighted by Crippen LogP contribution is 2.28. The van der Waals surface area contributed by atoms with E-state index in [2.05, 4.69) is 22.4 Å². The van der Waals surface area contributed by atoms with Crippen LogP contribution in [-0.4, -0.2) is 28.1 Å². The molecule has 1 aromatic heterocycles. The third-order valence-electron chi connectivity index (χ3n) is 3.90. The second-order valence-electron chi connectivity index (χ2n) is 5.68. The summed E-state index contributed by atoms with van der Waals surface area (Å²) in [4.78, 5) is 12.2. The Kier molecular flexibility index (Phi) is 6.72. The van der Waals surface area contributed by atoms with Gasteiger partial charge in [-0.15, -0.1) is 22.6 Å². The molecule has 1 fully saturated rings. The van der Waals surface area contributed by atoms with Gasteiger partial charge in [0.2, 0.25) is 0 Å². The van der Waals surface area contributed by atoms with Crippen molar-refractivity contribution in [2.45, 2.75) is 32.6 Å². The Balaban J connectivity index is 0.00000132. The Morgan fingerprint density at radius 3 is 2.74 bits per heavy atom. The number of benzene rings is 1. The number of aryl methyl sites for hydroxylation is 1. The van der Waals surface area contributed by atoms with Gasteiger partial charge in [-0.25, -0.2) is 0 Å². The molecule has 0 saturated heterocycles. The molecule has 1 aromatic carbocycles. The Hall–Kier alpha value is -1.92. The largest absolute Gasteiger partial charge is 0.412 e. The number of rotatable bonds is 5. The average Bonchev–Trinajstić information content (AvgIpc) is 3.30. The van der Waals surface area contributed by atoms with E-state index >= 15 is 0 Å².